The van der Waals surface area contributed by atoms with Crippen molar-refractivity contribution in [2.24, 2.45) is 5.92 Å². The molecular weight excluding hydrogens is 360 g/mol. The fourth-order valence-corrected chi connectivity index (χ4v) is 3.61. The van der Waals surface area contributed by atoms with E-state index in [0.717, 1.165) is 0 Å². The first-order valence-electron chi connectivity index (χ1n) is 8.21. The third kappa shape index (κ3) is 6.30. The Bertz CT molecular complexity index is 715. The summed E-state index contributed by atoms with van der Waals surface area (Å²) in [5.74, 6) is -1.09. The van der Waals surface area contributed by atoms with Gasteiger partial charge in [-0.1, -0.05) is 13.8 Å². The van der Waals surface area contributed by atoms with Gasteiger partial charge in [0, 0.05) is 20.0 Å². The highest BCUT2D eigenvalue weighted by Crippen LogP contribution is 2.17. The van der Waals surface area contributed by atoms with E-state index in [9.17, 15) is 18.0 Å². The van der Waals surface area contributed by atoms with Gasteiger partial charge in [0.25, 0.3) is 0 Å². The van der Waals surface area contributed by atoms with Gasteiger partial charge >= 0.3 is 5.97 Å². The Morgan fingerprint density at radius 1 is 1.23 bits per heavy atom. The van der Waals surface area contributed by atoms with Crippen molar-refractivity contribution in [2.75, 3.05) is 20.7 Å². The molecule has 0 aliphatic carbocycles. The second-order valence-corrected chi connectivity index (χ2v) is 7.99. The predicted molar refractivity (Wildman–Crippen MR) is 96.4 cm³/mol. The largest absolute Gasteiger partial charge is 0.497 e. The van der Waals surface area contributed by atoms with Gasteiger partial charge in [-0.05, 0) is 36.6 Å². The van der Waals surface area contributed by atoms with Crippen LogP contribution >= 0.6 is 0 Å². The summed E-state index contributed by atoms with van der Waals surface area (Å²) >= 11 is 0. The van der Waals surface area contributed by atoms with Gasteiger partial charge in [0.05, 0.1) is 12.0 Å². The molecule has 0 radical (unpaired) electrons. The minimum atomic E-state index is -3.89. The Morgan fingerprint density at radius 3 is 2.27 bits per heavy atom. The molecule has 1 amide bonds. The number of methoxy groups -OCH3 is 1. The molecule has 8 nitrogen and oxygen atoms in total. The molecular formula is C17H26N2O6S. The molecule has 26 heavy (non-hydrogen) atoms. The summed E-state index contributed by atoms with van der Waals surface area (Å²) in [6.07, 6.45) is 0.245. The molecule has 0 saturated heterocycles. The van der Waals surface area contributed by atoms with Gasteiger partial charge in [-0.2, -0.15) is 4.72 Å². The number of nitrogens with zero attached hydrogens (tertiary/aromatic N) is 1. The minimum Gasteiger partial charge on any atom is -0.497 e. The van der Waals surface area contributed by atoms with Crippen LogP contribution in [0.4, 0.5) is 0 Å². The van der Waals surface area contributed by atoms with Crippen LogP contribution in [0.2, 0.25) is 0 Å². The highest BCUT2D eigenvalue weighted by Gasteiger charge is 2.30. The number of likely N-dealkylation sites (N-methyl/N-ethyl adjacent to an activating group) is 1. The number of carboxylic acids is 1. The fraction of sp³-hybridized carbons (Fsp3) is 0.529. The molecule has 0 aliphatic rings. The maximum atomic E-state index is 12.6. The molecule has 0 heterocycles. The number of aliphatic carboxylic acids is 1. The zero-order valence-corrected chi connectivity index (χ0v) is 16.2. The zero-order chi connectivity index (χ0) is 19.9. The fourth-order valence-electron chi connectivity index (χ4n) is 2.28. The number of carbonyl (C=O) groups excluding carboxylic acids is 1. The summed E-state index contributed by atoms with van der Waals surface area (Å²) in [6, 6.07) is 4.91. The summed E-state index contributed by atoms with van der Waals surface area (Å²) in [5.41, 5.74) is 0. The van der Waals surface area contributed by atoms with Gasteiger partial charge < -0.3 is 14.7 Å². The Balaban J connectivity index is 2.88. The molecule has 1 rings (SSSR count). The van der Waals surface area contributed by atoms with E-state index in [0.29, 0.717) is 12.2 Å². The van der Waals surface area contributed by atoms with Crippen LogP contribution in [0.25, 0.3) is 0 Å². The standard InChI is InChI=1S/C17H26N2O6S/c1-12(2)16(17(22)19(3)11-5-6-15(20)21)18-26(23,24)14-9-7-13(25-4)8-10-14/h7-10,12,16,18H,5-6,11H2,1-4H3,(H,20,21). The lowest BCUT2D eigenvalue weighted by atomic mass is 10.0. The van der Waals surface area contributed by atoms with Crippen LogP contribution in [-0.2, 0) is 19.6 Å². The average Bonchev–Trinajstić information content (AvgIpc) is 2.58. The normalized spacial score (nSPS) is 12.7. The van der Waals surface area contributed by atoms with Crippen LogP contribution in [0.1, 0.15) is 26.7 Å². The predicted octanol–water partition coefficient (Wildman–Crippen LogP) is 1.32. The first-order chi connectivity index (χ1) is 12.1. The lowest BCUT2D eigenvalue weighted by molar-refractivity contribution is -0.138. The minimum absolute atomic E-state index is 0.0327. The second kappa shape index (κ2) is 9.54. The van der Waals surface area contributed by atoms with Crippen LogP contribution in [0.3, 0.4) is 0 Å². The molecule has 1 unspecified atom stereocenters. The van der Waals surface area contributed by atoms with E-state index >= 15 is 0 Å². The first kappa shape index (κ1) is 21.9. The number of hydrogen-bond donors (Lipinski definition) is 2. The number of sulfonamides is 1. The Labute approximate surface area is 154 Å². The Hall–Kier alpha value is -2.13. The van der Waals surface area contributed by atoms with Gasteiger partial charge in [-0.15, -0.1) is 0 Å². The topological polar surface area (TPSA) is 113 Å². The van der Waals surface area contributed by atoms with Crippen molar-refractivity contribution in [3.05, 3.63) is 24.3 Å². The maximum Gasteiger partial charge on any atom is 0.303 e. The summed E-state index contributed by atoms with van der Waals surface area (Å²) < 4.78 is 32.6. The van der Waals surface area contributed by atoms with Gasteiger partial charge in [0.1, 0.15) is 11.8 Å². The van der Waals surface area contributed by atoms with Gasteiger partial charge in [-0.3, -0.25) is 9.59 Å². The van der Waals surface area contributed by atoms with E-state index in [2.05, 4.69) is 4.72 Å². The van der Waals surface area contributed by atoms with Gasteiger partial charge in [-0.25, -0.2) is 8.42 Å². The summed E-state index contributed by atoms with van der Waals surface area (Å²) in [6.45, 7) is 3.72. The van der Waals surface area contributed by atoms with E-state index in [1.54, 1.807) is 13.8 Å². The highest BCUT2D eigenvalue weighted by atomic mass is 32.2. The zero-order valence-electron chi connectivity index (χ0n) is 15.4. The number of carboxylic acid groups (broad SMARTS) is 1. The van der Waals surface area contributed by atoms with E-state index in [4.69, 9.17) is 9.84 Å². The SMILES string of the molecule is COc1ccc(S(=O)(=O)NC(C(=O)N(C)CCCC(=O)O)C(C)C)cc1. The number of carbonyl (C=O) groups is 2. The molecule has 9 heteroatoms. The third-order valence-corrected chi connectivity index (χ3v) is 5.30. The van der Waals surface area contributed by atoms with Crippen LogP contribution < -0.4 is 9.46 Å². The lowest BCUT2D eigenvalue weighted by Gasteiger charge is -2.27. The molecule has 0 aliphatic heterocycles. The van der Waals surface area contributed by atoms with Crippen molar-refractivity contribution < 1.29 is 27.9 Å². The summed E-state index contributed by atoms with van der Waals surface area (Å²) in [4.78, 5) is 24.6. The van der Waals surface area contributed by atoms with Crippen LogP contribution in [-0.4, -0.2) is 57.0 Å². The lowest BCUT2D eigenvalue weighted by Crippen LogP contribution is -2.50. The van der Waals surface area contributed by atoms with Gasteiger partial charge in [0.2, 0.25) is 15.9 Å². The van der Waals surface area contributed by atoms with Crippen molar-refractivity contribution in [3.8, 4) is 5.75 Å². The van der Waals surface area contributed by atoms with E-state index in [1.807, 2.05) is 0 Å². The average molecular weight is 386 g/mol. The quantitative estimate of drug-likeness (QED) is 0.627. The van der Waals surface area contributed by atoms with Crippen LogP contribution in [0.15, 0.2) is 29.2 Å². The van der Waals surface area contributed by atoms with E-state index in [-0.39, 0.29) is 23.8 Å². The number of ether oxygens (including phenoxy) is 1. The highest BCUT2D eigenvalue weighted by molar-refractivity contribution is 7.89. The molecule has 1 aromatic rings. The molecule has 146 valence electrons. The van der Waals surface area contributed by atoms with Gasteiger partial charge in [0.15, 0.2) is 0 Å². The molecule has 0 fully saturated rings. The molecule has 1 aromatic carbocycles. The molecule has 2 N–H and O–H groups in total. The molecule has 1 atom stereocenters. The molecule has 0 saturated carbocycles. The summed E-state index contributed by atoms with van der Waals surface area (Å²) in [7, 11) is -0.879. The van der Waals surface area contributed by atoms with Crippen molar-refractivity contribution in [2.45, 2.75) is 37.6 Å². The molecule has 0 bridgehead atoms. The number of benzene rings is 1. The third-order valence-electron chi connectivity index (χ3n) is 3.84. The molecule has 0 aromatic heterocycles. The van der Waals surface area contributed by atoms with Crippen molar-refractivity contribution in [1.82, 2.24) is 9.62 Å². The second-order valence-electron chi connectivity index (χ2n) is 6.28. The Kier molecular flexibility index (Phi) is 8.04. The number of nitrogens with one attached hydrogen (secondary N) is 1. The first-order valence-corrected chi connectivity index (χ1v) is 9.70. The van der Waals surface area contributed by atoms with Crippen LogP contribution in [0.5, 0.6) is 5.75 Å². The van der Waals surface area contributed by atoms with Crippen molar-refractivity contribution in [1.29, 1.82) is 0 Å². The van der Waals surface area contributed by atoms with Crippen molar-refractivity contribution in [3.63, 3.8) is 0 Å². The number of hydrogen-bond acceptors (Lipinski definition) is 5. The number of amides is 1. The number of rotatable bonds is 10. The van der Waals surface area contributed by atoms with E-state index < -0.39 is 27.9 Å². The maximum absolute atomic E-state index is 12.6. The van der Waals surface area contributed by atoms with Crippen molar-refractivity contribution >= 4 is 21.9 Å². The smallest absolute Gasteiger partial charge is 0.303 e. The van der Waals surface area contributed by atoms with E-state index in [1.165, 1.54) is 43.3 Å². The monoisotopic (exact) mass is 386 g/mol. The Morgan fingerprint density at radius 2 is 1.81 bits per heavy atom. The summed E-state index contributed by atoms with van der Waals surface area (Å²) in [5, 5.41) is 8.67. The van der Waals surface area contributed by atoms with Crippen LogP contribution in [0, 0.1) is 5.92 Å². The molecule has 0 spiro atoms.